The van der Waals surface area contributed by atoms with Crippen molar-refractivity contribution in [2.45, 2.75) is 43.8 Å². The molecule has 0 amide bonds. The summed E-state index contributed by atoms with van der Waals surface area (Å²) in [5.41, 5.74) is 2.71. The molecule has 5 nitrogen and oxygen atoms in total. The summed E-state index contributed by atoms with van der Waals surface area (Å²) in [5.74, 6) is 2.53. The number of nitrogens with zero attached hydrogens (tertiary/aromatic N) is 2. The van der Waals surface area contributed by atoms with Crippen LogP contribution < -0.4 is 9.47 Å². The number of thioether (sulfide) groups is 1. The summed E-state index contributed by atoms with van der Waals surface area (Å²) in [7, 11) is 1.61. The van der Waals surface area contributed by atoms with E-state index >= 15 is 0 Å². The summed E-state index contributed by atoms with van der Waals surface area (Å²) in [6.07, 6.45) is 0. The van der Waals surface area contributed by atoms with E-state index in [0.29, 0.717) is 22.6 Å². The van der Waals surface area contributed by atoms with Crippen LogP contribution in [0.15, 0.2) is 58.2 Å². The van der Waals surface area contributed by atoms with Crippen molar-refractivity contribution in [2.24, 2.45) is 0 Å². The molecule has 1 heterocycles. The average Bonchev–Trinajstić information content (AvgIpc) is 3.12. The molecule has 0 atom stereocenters. The molecule has 0 saturated carbocycles. The van der Waals surface area contributed by atoms with E-state index < -0.39 is 0 Å². The monoisotopic (exact) mass is 384 g/mol. The molecule has 0 fully saturated rings. The van der Waals surface area contributed by atoms with E-state index in [9.17, 15) is 0 Å². The SMILES string of the molecule is COc1ccccc1OCc1nnc(SCc2ccc(C(C)(C)C)cc2)o1. The fraction of sp³-hybridized carbons (Fsp3) is 0.333. The second-order valence-corrected chi connectivity index (χ2v) is 8.06. The number of hydrogen-bond acceptors (Lipinski definition) is 6. The Kier molecular flexibility index (Phi) is 6.06. The first-order chi connectivity index (χ1) is 13.0. The van der Waals surface area contributed by atoms with Gasteiger partial charge < -0.3 is 13.9 Å². The first-order valence-electron chi connectivity index (χ1n) is 8.76. The van der Waals surface area contributed by atoms with Gasteiger partial charge in [0.05, 0.1) is 7.11 Å². The van der Waals surface area contributed by atoms with Crippen LogP contribution in [-0.2, 0) is 17.8 Å². The van der Waals surface area contributed by atoms with Crippen molar-refractivity contribution < 1.29 is 13.9 Å². The number of para-hydroxylation sites is 2. The third-order valence-electron chi connectivity index (χ3n) is 4.05. The molecule has 0 aliphatic rings. The predicted molar refractivity (Wildman–Crippen MR) is 106 cm³/mol. The van der Waals surface area contributed by atoms with E-state index in [0.717, 1.165) is 5.75 Å². The van der Waals surface area contributed by atoms with Crippen LogP contribution in [0, 0.1) is 0 Å². The number of benzene rings is 2. The van der Waals surface area contributed by atoms with E-state index in [-0.39, 0.29) is 12.0 Å². The quantitative estimate of drug-likeness (QED) is 0.519. The van der Waals surface area contributed by atoms with E-state index in [1.807, 2.05) is 24.3 Å². The normalized spacial score (nSPS) is 11.4. The standard InChI is InChI=1S/C21H24N2O3S/c1-21(2,3)16-11-9-15(10-12-16)14-27-20-23-22-19(26-20)13-25-18-8-6-5-7-17(18)24-4/h5-12H,13-14H2,1-4H3. The third-order valence-corrected chi connectivity index (χ3v) is 4.94. The molecule has 0 N–H and O–H groups in total. The minimum absolute atomic E-state index is 0.161. The summed E-state index contributed by atoms with van der Waals surface area (Å²) < 4.78 is 16.6. The van der Waals surface area contributed by atoms with Gasteiger partial charge >= 0.3 is 0 Å². The van der Waals surface area contributed by atoms with E-state index in [4.69, 9.17) is 13.9 Å². The lowest BCUT2D eigenvalue weighted by molar-refractivity contribution is 0.241. The highest BCUT2D eigenvalue weighted by Crippen LogP contribution is 2.28. The van der Waals surface area contributed by atoms with Crippen molar-refractivity contribution in [1.29, 1.82) is 0 Å². The molecule has 0 saturated heterocycles. The molecular formula is C21H24N2O3S. The Labute approximate surface area is 164 Å². The zero-order valence-corrected chi connectivity index (χ0v) is 16.9. The van der Waals surface area contributed by atoms with E-state index in [2.05, 4.69) is 55.2 Å². The molecule has 0 aliphatic heterocycles. The number of rotatable bonds is 7. The lowest BCUT2D eigenvalue weighted by atomic mass is 9.87. The Balaban J connectivity index is 1.53. The van der Waals surface area contributed by atoms with Crippen LogP contribution in [0.5, 0.6) is 11.5 Å². The number of methoxy groups -OCH3 is 1. The summed E-state index contributed by atoms with van der Waals surface area (Å²) >= 11 is 1.52. The van der Waals surface area contributed by atoms with Crippen molar-refractivity contribution in [2.75, 3.05) is 7.11 Å². The molecule has 0 aliphatic carbocycles. The molecule has 6 heteroatoms. The van der Waals surface area contributed by atoms with Crippen molar-refractivity contribution in [3.8, 4) is 11.5 Å². The first-order valence-corrected chi connectivity index (χ1v) is 9.74. The van der Waals surface area contributed by atoms with Gasteiger partial charge in [-0.25, -0.2) is 0 Å². The highest BCUT2D eigenvalue weighted by atomic mass is 32.2. The van der Waals surface area contributed by atoms with Crippen molar-refractivity contribution in [1.82, 2.24) is 10.2 Å². The van der Waals surface area contributed by atoms with Crippen LogP contribution >= 0.6 is 11.8 Å². The molecule has 142 valence electrons. The van der Waals surface area contributed by atoms with Crippen molar-refractivity contribution >= 4 is 11.8 Å². The van der Waals surface area contributed by atoms with Gasteiger partial charge in [-0.1, -0.05) is 68.9 Å². The second-order valence-electron chi connectivity index (χ2n) is 7.14. The molecule has 27 heavy (non-hydrogen) atoms. The van der Waals surface area contributed by atoms with Crippen molar-refractivity contribution in [3.05, 3.63) is 65.5 Å². The van der Waals surface area contributed by atoms with Gasteiger partial charge in [-0.3, -0.25) is 0 Å². The summed E-state index contributed by atoms with van der Waals surface area (Å²) in [5, 5.41) is 8.66. The molecule has 0 spiro atoms. The zero-order chi connectivity index (χ0) is 19.3. The maximum absolute atomic E-state index is 5.70. The molecule has 1 aromatic heterocycles. The Morgan fingerprint density at radius 2 is 1.67 bits per heavy atom. The van der Waals surface area contributed by atoms with Gasteiger partial charge in [0.1, 0.15) is 0 Å². The van der Waals surface area contributed by atoms with Crippen molar-refractivity contribution in [3.63, 3.8) is 0 Å². The van der Waals surface area contributed by atoms with Crippen LogP contribution in [0.25, 0.3) is 0 Å². The topological polar surface area (TPSA) is 57.4 Å². The predicted octanol–water partition coefficient (Wildman–Crippen LogP) is 5.25. The minimum Gasteiger partial charge on any atom is -0.493 e. The Hall–Kier alpha value is -2.47. The lowest BCUT2D eigenvalue weighted by Crippen LogP contribution is -2.10. The van der Waals surface area contributed by atoms with Crippen LogP contribution in [0.1, 0.15) is 37.8 Å². The van der Waals surface area contributed by atoms with Gasteiger partial charge in [-0.15, -0.1) is 10.2 Å². The van der Waals surface area contributed by atoms with Gasteiger partial charge in [-0.2, -0.15) is 0 Å². The molecule has 0 radical (unpaired) electrons. The Bertz CT molecular complexity index is 870. The highest BCUT2D eigenvalue weighted by molar-refractivity contribution is 7.98. The van der Waals surface area contributed by atoms with E-state index in [1.165, 1.54) is 22.9 Å². The van der Waals surface area contributed by atoms with Crippen LogP contribution in [0.2, 0.25) is 0 Å². The first kappa shape index (κ1) is 19.3. The number of ether oxygens (including phenoxy) is 2. The van der Waals surface area contributed by atoms with Crippen LogP contribution in [0.3, 0.4) is 0 Å². The molecule has 0 unspecified atom stereocenters. The number of aromatic nitrogens is 2. The lowest BCUT2D eigenvalue weighted by Gasteiger charge is -2.19. The van der Waals surface area contributed by atoms with Gasteiger partial charge in [0.25, 0.3) is 11.1 Å². The highest BCUT2D eigenvalue weighted by Gasteiger charge is 2.13. The van der Waals surface area contributed by atoms with Gasteiger partial charge in [0.15, 0.2) is 18.1 Å². The second kappa shape index (κ2) is 8.48. The molecule has 2 aromatic carbocycles. The minimum atomic E-state index is 0.161. The van der Waals surface area contributed by atoms with Gasteiger partial charge in [0, 0.05) is 5.75 Å². The Morgan fingerprint density at radius 3 is 2.33 bits per heavy atom. The Morgan fingerprint density at radius 1 is 0.963 bits per heavy atom. The fourth-order valence-corrected chi connectivity index (χ4v) is 3.21. The molecular weight excluding hydrogens is 360 g/mol. The molecule has 3 aromatic rings. The third kappa shape index (κ3) is 5.26. The summed E-state index contributed by atoms with van der Waals surface area (Å²) in [6, 6.07) is 16.1. The fourth-order valence-electron chi connectivity index (χ4n) is 2.48. The van der Waals surface area contributed by atoms with E-state index in [1.54, 1.807) is 7.11 Å². The van der Waals surface area contributed by atoms with Crippen LogP contribution in [-0.4, -0.2) is 17.3 Å². The maximum Gasteiger partial charge on any atom is 0.277 e. The summed E-state index contributed by atoms with van der Waals surface area (Å²) in [6.45, 7) is 6.84. The average molecular weight is 385 g/mol. The maximum atomic E-state index is 5.70. The van der Waals surface area contributed by atoms with Gasteiger partial charge in [0.2, 0.25) is 0 Å². The summed E-state index contributed by atoms with van der Waals surface area (Å²) in [4.78, 5) is 0. The zero-order valence-electron chi connectivity index (χ0n) is 16.1. The van der Waals surface area contributed by atoms with Crippen LogP contribution in [0.4, 0.5) is 0 Å². The molecule has 0 bridgehead atoms. The number of hydrogen-bond donors (Lipinski definition) is 0. The van der Waals surface area contributed by atoms with Gasteiger partial charge in [-0.05, 0) is 28.7 Å². The smallest absolute Gasteiger partial charge is 0.277 e. The molecule has 3 rings (SSSR count). The largest absolute Gasteiger partial charge is 0.493 e.